The molecule has 0 amide bonds. The van der Waals surface area contributed by atoms with Crippen molar-refractivity contribution in [2.45, 2.75) is 38.9 Å². The summed E-state index contributed by atoms with van der Waals surface area (Å²) in [5, 5.41) is 9.78. The maximum Gasteiger partial charge on any atom is 0.491 e. The second-order valence-corrected chi connectivity index (χ2v) is 7.06. The van der Waals surface area contributed by atoms with E-state index >= 15 is 0 Å². The van der Waals surface area contributed by atoms with Crippen molar-refractivity contribution < 1.29 is 9.31 Å². The van der Waals surface area contributed by atoms with E-state index in [1.54, 1.807) is 12.1 Å². The van der Waals surface area contributed by atoms with Gasteiger partial charge in [-0.1, -0.05) is 23.7 Å². The van der Waals surface area contributed by atoms with Gasteiger partial charge in [0.25, 0.3) is 0 Å². The minimum atomic E-state index is -0.468. The highest BCUT2D eigenvalue weighted by atomic mass is 35.5. The van der Waals surface area contributed by atoms with Crippen molar-refractivity contribution in [3.63, 3.8) is 0 Å². The van der Waals surface area contributed by atoms with Gasteiger partial charge in [-0.2, -0.15) is 17.9 Å². The number of nitrogens with zero attached hydrogens (tertiary/aromatic N) is 1. The molecule has 22 heavy (non-hydrogen) atoms. The van der Waals surface area contributed by atoms with Crippen molar-refractivity contribution in [3.05, 3.63) is 39.8 Å². The third-order valence-corrected chi connectivity index (χ3v) is 4.82. The number of rotatable bonds is 3. The molecule has 0 unspecified atom stereocenters. The van der Waals surface area contributed by atoms with Crippen molar-refractivity contribution in [2.24, 2.45) is 0 Å². The molecular formula is C16H19BClNO2S. The summed E-state index contributed by atoms with van der Waals surface area (Å²) in [7, 11) is -0.468. The Bertz CT molecular complexity index is 636. The van der Waals surface area contributed by atoms with E-state index in [1.807, 2.05) is 39.8 Å². The van der Waals surface area contributed by atoms with Crippen molar-refractivity contribution in [3.8, 4) is 6.07 Å². The molecule has 3 nitrogen and oxygen atoms in total. The van der Waals surface area contributed by atoms with Crippen LogP contribution >= 0.6 is 24.2 Å². The van der Waals surface area contributed by atoms with Crippen LogP contribution in [0.1, 0.15) is 38.8 Å². The number of nitriles is 1. The van der Waals surface area contributed by atoms with E-state index in [0.29, 0.717) is 16.3 Å². The van der Waals surface area contributed by atoms with E-state index in [2.05, 4.69) is 18.7 Å². The zero-order valence-electron chi connectivity index (χ0n) is 13.2. The highest BCUT2D eigenvalue weighted by Crippen LogP contribution is 2.39. The summed E-state index contributed by atoms with van der Waals surface area (Å²) in [6, 6.07) is 7.37. The number of hydrogen-bond donors (Lipinski definition) is 1. The number of halogens is 1. The van der Waals surface area contributed by atoms with Crippen molar-refractivity contribution in [2.75, 3.05) is 5.75 Å². The zero-order chi connectivity index (χ0) is 16.5. The fraction of sp³-hybridized carbons (Fsp3) is 0.438. The summed E-state index contributed by atoms with van der Waals surface area (Å²) in [6.45, 7) is 8.02. The number of hydrogen-bond acceptors (Lipinski definition) is 4. The second kappa shape index (κ2) is 6.29. The first kappa shape index (κ1) is 17.4. The van der Waals surface area contributed by atoms with Gasteiger partial charge in [-0.15, -0.1) is 0 Å². The largest absolute Gasteiger partial charge is 0.491 e. The Kier molecular flexibility index (Phi) is 4.98. The molecule has 6 heteroatoms. The summed E-state index contributed by atoms with van der Waals surface area (Å²) in [5.41, 5.74) is 1.37. The maximum atomic E-state index is 9.24. The minimum absolute atomic E-state index is 0.405. The van der Waals surface area contributed by atoms with Crippen LogP contribution in [0.5, 0.6) is 0 Å². The molecule has 1 aromatic carbocycles. The molecule has 0 N–H and O–H groups in total. The Balaban J connectivity index is 2.36. The van der Waals surface area contributed by atoms with Gasteiger partial charge in [-0.25, -0.2) is 0 Å². The molecule has 1 aliphatic rings. The monoisotopic (exact) mass is 335 g/mol. The molecule has 0 bridgehead atoms. The van der Waals surface area contributed by atoms with E-state index in [-0.39, 0.29) is 0 Å². The fourth-order valence-corrected chi connectivity index (χ4v) is 2.55. The molecule has 0 radical (unpaired) electrons. The van der Waals surface area contributed by atoms with Gasteiger partial charge < -0.3 is 9.31 Å². The Morgan fingerprint density at radius 3 is 2.41 bits per heavy atom. The molecule has 0 aliphatic carbocycles. The second-order valence-electron chi connectivity index (χ2n) is 6.31. The summed E-state index contributed by atoms with van der Waals surface area (Å²) in [6.07, 6.45) is 1.89. The highest BCUT2D eigenvalue weighted by molar-refractivity contribution is 7.80. The van der Waals surface area contributed by atoms with Gasteiger partial charge in [0, 0.05) is 10.8 Å². The average Bonchev–Trinajstić information content (AvgIpc) is 2.65. The summed E-state index contributed by atoms with van der Waals surface area (Å²) in [4.78, 5) is 0. The Morgan fingerprint density at radius 1 is 1.32 bits per heavy atom. The van der Waals surface area contributed by atoms with E-state index in [4.69, 9.17) is 20.9 Å². The first-order chi connectivity index (χ1) is 10.2. The Labute approximate surface area is 142 Å². The molecule has 0 saturated carbocycles. The van der Waals surface area contributed by atoms with Crippen LogP contribution in [0.15, 0.2) is 23.7 Å². The summed E-state index contributed by atoms with van der Waals surface area (Å²) >= 11 is 10.3. The standard InChI is InChI=1S/C16H19BClNO2S/c1-15(2)16(3,4)21-17(20-15)13(10-22)7-11-5-6-14(18)8-12(11)9-19/h5-8,22H,10H2,1-4H3. The third-order valence-electron chi connectivity index (χ3n) is 4.22. The summed E-state index contributed by atoms with van der Waals surface area (Å²) < 4.78 is 12.1. The maximum absolute atomic E-state index is 9.24. The van der Waals surface area contributed by atoms with Gasteiger partial charge in [0.15, 0.2) is 0 Å². The molecule has 1 aliphatic heterocycles. The number of thiol groups is 1. The van der Waals surface area contributed by atoms with Crippen LogP contribution in [0.4, 0.5) is 0 Å². The van der Waals surface area contributed by atoms with Crippen molar-refractivity contribution >= 4 is 37.4 Å². The third kappa shape index (κ3) is 3.36. The molecule has 0 spiro atoms. The smallest absolute Gasteiger partial charge is 0.400 e. The summed E-state index contributed by atoms with van der Waals surface area (Å²) in [5.74, 6) is 0.477. The van der Waals surface area contributed by atoms with Crippen LogP contribution in [0.3, 0.4) is 0 Å². The first-order valence-electron chi connectivity index (χ1n) is 7.07. The molecule has 2 rings (SSSR count). The zero-order valence-corrected chi connectivity index (χ0v) is 14.8. The van der Waals surface area contributed by atoms with Crippen LogP contribution in [-0.2, 0) is 9.31 Å². The van der Waals surface area contributed by atoms with Gasteiger partial charge in [-0.3, -0.25) is 0 Å². The predicted octanol–water partition coefficient (Wildman–Crippen LogP) is 4.16. The molecule has 0 atom stereocenters. The van der Waals surface area contributed by atoms with E-state index in [1.165, 1.54) is 0 Å². The molecule has 1 saturated heterocycles. The normalized spacial score (nSPS) is 20.0. The fourth-order valence-electron chi connectivity index (χ4n) is 2.13. The lowest BCUT2D eigenvalue weighted by atomic mass is 9.78. The van der Waals surface area contributed by atoms with Gasteiger partial charge in [0.05, 0.1) is 22.8 Å². The van der Waals surface area contributed by atoms with E-state index in [0.717, 1.165) is 11.0 Å². The molecular weight excluding hydrogens is 317 g/mol. The number of benzene rings is 1. The quantitative estimate of drug-likeness (QED) is 0.666. The van der Waals surface area contributed by atoms with E-state index in [9.17, 15) is 5.26 Å². The highest BCUT2D eigenvalue weighted by Gasteiger charge is 2.52. The Hall–Kier alpha value is -0.925. The van der Waals surface area contributed by atoms with Crippen LogP contribution in [0, 0.1) is 11.3 Å². The van der Waals surface area contributed by atoms with Crippen molar-refractivity contribution in [1.82, 2.24) is 0 Å². The first-order valence-corrected chi connectivity index (χ1v) is 8.08. The topological polar surface area (TPSA) is 42.2 Å². The molecule has 1 fully saturated rings. The van der Waals surface area contributed by atoms with Gasteiger partial charge in [0.2, 0.25) is 0 Å². The average molecular weight is 336 g/mol. The molecule has 1 aromatic rings. The molecule has 1 heterocycles. The Morgan fingerprint density at radius 2 is 1.91 bits per heavy atom. The van der Waals surface area contributed by atoms with Crippen LogP contribution in [0.2, 0.25) is 5.02 Å². The lowest BCUT2D eigenvalue weighted by Crippen LogP contribution is -2.41. The minimum Gasteiger partial charge on any atom is -0.400 e. The molecule has 116 valence electrons. The molecule has 0 aromatic heterocycles. The van der Waals surface area contributed by atoms with Gasteiger partial charge in [0.1, 0.15) is 0 Å². The lowest BCUT2D eigenvalue weighted by molar-refractivity contribution is 0.00578. The van der Waals surface area contributed by atoms with Gasteiger partial charge in [-0.05, 0) is 50.9 Å². The van der Waals surface area contributed by atoms with E-state index < -0.39 is 18.3 Å². The van der Waals surface area contributed by atoms with Crippen LogP contribution < -0.4 is 0 Å². The lowest BCUT2D eigenvalue weighted by Gasteiger charge is -2.32. The predicted molar refractivity (Wildman–Crippen MR) is 94.1 cm³/mol. The SMILES string of the molecule is CC1(C)OB(C(=Cc2ccc(Cl)cc2C#N)CS)OC1(C)C. The van der Waals surface area contributed by atoms with Crippen LogP contribution in [-0.4, -0.2) is 24.1 Å². The van der Waals surface area contributed by atoms with Gasteiger partial charge >= 0.3 is 7.12 Å². The van der Waals surface area contributed by atoms with Crippen LogP contribution in [0.25, 0.3) is 6.08 Å². The van der Waals surface area contributed by atoms with Crippen molar-refractivity contribution in [1.29, 1.82) is 5.26 Å².